The van der Waals surface area contributed by atoms with Crippen LogP contribution in [0.1, 0.15) is 29.6 Å². The molecule has 2 heterocycles. The van der Waals surface area contributed by atoms with Crippen molar-refractivity contribution in [3.8, 4) is 5.88 Å². The fourth-order valence-corrected chi connectivity index (χ4v) is 2.35. The number of alkyl halides is 3. The molecule has 0 aliphatic carbocycles. The number of ether oxygens (including phenoxy) is 2. The van der Waals surface area contributed by atoms with Gasteiger partial charge >= 0.3 is 6.18 Å². The van der Waals surface area contributed by atoms with E-state index in [1.807, 2.05) is 0 Å². The molecule has 1 fully saturated rings. The highest BCUT2D eigenvalue weighted by molar-refractivity contribution is 6.32. The SMILES string of the molecule is O=C(NCC[C@@H]1CCCO1)c1cnc(OCC(F)(F)F)c(Cl)c1. The molecule has 1 amide bonds. The molecule has 0 spiro atoms. The lowest BCUT2D eigenvalue weighted by molar-refractivity contribution is -0.154. The number of aromatic nitrogens is 1. The first kappa shape index (κ1) is 17.8. The number of amides is 1. The van der Waals surface area contributed by atoms with E-state index >= 15 is 0 Å². The van der Waals surface area contributed by atoms with Gasteiger partial charge in [0.2, 0.25) is 5.88 Å². The summed E-state index contributed by atoms with van der Waals surface area (Å²) in [6, 6.07) is 1.22. The van der Waals surface area contributed by atoms with Crippen LogP contribution in [0.5, 0.6) is 5.88 Å². The number of hydrogen-bond donors (Lipinski definition) is 1. The summed E-state index contributed by atoms with van der Waals surface area (Å²) >= 11 is 5.79. The first-order valence-corrected chi connectivity index (χ1v) is 7.48. The number of rotatable bonds is 6. The van der Waals surface area contributed by atoms with Crippen LogP contribution in [0.25, 0.3) is 0 Å². The van der Waals surface area contributed by atoms with Crippen LogP contribution in [0.3, 0.4) is 0 Å². The van der Waals surface area contributed by atoms with E-state index in [9.17, 15) is 18.0 Å². The Bertz CT molecular complexity index is 549. The van der Waals surface area contributed by atoms with Crippen molar-refractivity contribution >= 4 is 17.5 Å². The van der Waals surface area contributed by atoms with E-state index in [0.29, 0.717) is 13.0 Å². The summed E-state index contributed by atoms with van der Waals surface area (Å²) in [4.78, 5) is 15.6. The van der Waals surface area contributed by atoms with Gasteiger partial charge in [-0.1, -0.05) is 11.6 Å². The Morgan fingerprint density at radius 2 is 2.30 bits per heavy atom. The number of nitrogens with one attached hydrogen (secondary N) is 1. The molecule has 0 saturated carbocycles. The second-order valence-corrected chi connectivity index (χ2v) is 5.50. The lowest BCUT2D eigenvalue weighted by Crippen LogP contribution is -2.27. The fourth-order valence-electron chi connectivity index (χ4n) is 2.13. The second-order valence-electron chi connectivity index (χ2n) is 5.09. The summed E-state index contributed by atoms with van der Waals surface area (Å²) in [6.07, 6.45) is -0.483. The molecule has 1 aliphatic rings. The standard InChI is InChI=1S/C14H16ClF3N2O3/c15-11-6-9(7-20-13(11)23-8-14(16,17)18)12(21)19-4-3-10-2-1-5-22-10/h6-7,10H,1-5,8H2,(H,19,21)/t10-/m0/s1. The van der Waals surface area contributed by atoms with Crippen molar-refractivity contribution in [1.29, 1.82) is 0 Å². The molecule has 5 nitrogen and oxygen atoms in total. The summed E-state index contributed by atoms with van der Waals surface area (Å²) in [5, 5.41) is 2.54. The largest absolute Gasteiger partial charge is 0.467 e. The van der Waals surface area contributed by atoms with Crippen LogP contribution in [0.15, 0.2) is 12.3 Å². The van der Waals surface area contributed by atoms with Crippen molar-refractivity contribution in [1.82, 2.24) is 10.3 Å². The first-order chi connectivity index (χ1) is 10.8. The van der Waals surface area contributed by atoms with Crippen molar-refractivity contribution in [2.45, 2.75) is 31.5 Å². The number of halogens is 4. The predicted octanol–water partition coefficient (Wildman–Crippen LogP) is 2.98. The van der Waals surface area contributed by atoms with Crippen molar-refractivity contribution in [2.75, 3.05) is 19.8 Å². The molecular formula is C14H16ClF3N2O3. The highest BCUT2D eigenvalue weighted by Crippen LogP contribution is 2.25. The van der Waals surface area contributed by atoms with E-state index in [1.54, 1.807) is 0 Å². The summed E-state index contributed by atoms with van der Waals surface area (Å²) in [5.74, 6) is -0.764. The molecule has 23 heavy (non-hydrogen) atoms. The van der Waals surface area contributed by atoms with Crippen LogP contribution in [-0.4, -0.2) is 42.9 Å². The molecule has 0 unspecified atom stereocenters. The Morgan fingerprint density at radius 3 is 2.91 bits per heavy atom. The van der Waals surface area contributed by atoms with Gasteiger partial charge in [-0.2, -0.15) is 13.2 Å². The molecule has 0 bridgehead atoms. The van der Waals surface area contributed by atoms with Gasteiger partial charge in [0, 0.05) is 19.3 Å². The quantitative estimate of drug-likeness (QED) is 0.855. The van der Waals surface area contributed by atoms with E-state index < -0.39 is 18.7 Å². The third-order valence-corrected chi connectivity index (χ3v) is 3.49. The topological polar surface area (TPSA) is 60.5 Å². The predicted molar refractivity (Wildman–Crippen MR) is 76.7 cm³/mol. The number of nitrogens with zero attached hydrogens (tertiary/aromatic N) is 1. The molecule has 1 saturated heterocycles. The third-order valence-electron chi connectivity index (χ3n) is 3.22. The van der Waals surface area contributed by atoms with Crippen molar-refractivity contribution < 1.29 is 27.4 Å². The van der Waals surface area contributed by atoms with Crippen LogP contribution < -0.4 is 10.1 Å². The average molecular weight is 353 g/mol. The summed E-state index contributed by atoms with van der Waals surface area (Å²) < 4.78 is 46.1. The molecule has 0 aromatic carbocycles. The van der Waals surface area contributed by atoms with E-state index in [1.165, 1.54) is 6.07 Å². The van der Waals surface area contributed by atoms with Gasteiger partial charge in [0.25, 0.3) is 5.91 Å². The Kier molecular flexibility index (Phi) is 6.06. The Hall–Kier alpha value is -1.54. The minimum atomic E-state index is -4.48. The van der Waals surface area contributed by atoms with Gasteiger partial charge in [-0.05, 0) is 25.3 Å². The number of hydrogen-bond acceptors (Lipinski definition) is 4. The maximum atomic E-state index is 12.1. The van der Waals surface area contributed by atoms with Crippen LogP contribution in [-0.2, 0) is 4.74 Å². The second kappa shape index (κ2) is 7.83. The van der Waals surface area contributed by atoms with Crippen molar-refractivity contribution in [3.05, 3.63) is 22.8 Å². The van der Waals surface area contributed by atoms with E-state index in [-0.39, 0.29) is 22.6 Å². The van der Waals surface area contributed by atoms with Crippen LogP contribution >= 0.6 is 11.6 Å². The minimum Gasteiger partial charge on any atom is -0.467 e. The molecule has 1 aromatic rings. The molecule has 1 aromatic heterocycles. The number of carbonyl (C=O) groups excluding carboxylic acids is 1. The zero-order chi connectivity index (χ0) is 16.9. The number of pyridine rings is 1. The fraction of sp³-hybridized carbons (Fsp3) is 0.571. The molecule has 128 valence electrons. The van der Waals surface area contributed by atoms with Gasteiger partial charge in [0.05, 0.1) is 11.7 Å². The summed E-state index contributed by atoms with van der Waals surface area (Å²) in [5.41, 5.74) is 0.154. The molecule has 1 atom stereocenters. The van der Waals surface area contributed by atoms with Gasteiger partial charge in [0.1, 0.15) is 5.02 Å². The van der Waals surface area contributed by atoms with E-state index in [4.69, 9.17) is 16.3 Å². The van der Waals surface area contributed by atoms with Crippen molar-refractivity contribution in [2.24, 2.45) is 0 Å². The van der Waals surface area contributed by atoms with Gasteiger partial charge in [-0.3, -0.25) is 4.79 Å². The first-order valence-electron chi connectivity index (χ1n) is 7.10. The summed E-state index contributed by atoms with van der Waals surface area (Å²) in [6.45, 7) is -0.308. The maximum absolute atomic E-state index is 12.1. The monoisotopic (exact) mass is 352 g/mol. The van der Waals surface area contributed by atoms with Crippen molar-refractivity contribution in [3.63, 3.8) is 0 Å². The number of carbonyl (C=O) groups is 1. The van der Waals surface area contributed by atoms with Crippen LogP contribution in [0, 0.1) is 0 Å². The lowest BCUT2D eigenvalue weighted by atomic mass is 10.2. The Labute approximate surface area is 136 Å². The van der Waals surface area contributed by atoms with E-state index in [2.05, 4.69) is 15.0 Å². The summed E-state index contributed by atoms with van der Waals surface area (Å²) in [7, 11) is 0. The normalized spacial score (nSPS) is 18.0. The maximum Gasteiger partial charge on any atom is 0.422 e. The molecule has 1 aliphatic heterocycles. The van der Waals surface area contributed by atoms with Crippen LogP contribution in [0.2, 0.25) is 5.02 Å². The Morgan fingerprint density at radius 1 is 1.52 bits per heavy atom. The molecule has 2 rings (SSSR count). The zero-order valence-corrected chi connectivity index (χ0v) is 12.9. The Balaban J connectivity index is 1.84. The van der Waals surface area contributed by atoms with Gasteiger partial charge in [-0.25, -0.2) is 4.98 Å². The average Bonchev–Trinajstić information content (AvgIpc) is 2.98. The smallest absolute Gasteiger partial charge is 0.422 e. The van der Waals surface area contributed by atoms with Gasteiger partial charge < -0.3 is 14.8 Å². The van der Waals surface area contributed by atoms with Gasteiger partial charge in [0.15, 0.2) is 6.61 Å². The van der Waals surface area contributed by atoms with E-state index in [0.717, 1.165) is 25.6 Å². The lowest BCUT2D eigenvalue weighted by Gasteiger charge is -2.11. The molecule has 0 radical (unpaired) electrons. The van der Waals surface area contributed by atoms with Gasteiger partial charge in [-0.15, -0.1) is 0 Å². The minimum absolute atomic E-state index is 0.152. The highest BCUT2D eigenvalue weighted by atomic mass is 35.5. The molecular weight excluding hydrogens is 337 g/mol. The molecule has 9 heteroatoms. The molecule has 1 N–H and O–H groups in total. The third kappa shape index (κ3) is 5.87. The zero-order valence-electron chi connectivity index (χ0n) is 12.2. The highest BCUT2D eigenvalue weighted by Gasteiger charge is 2.29. The van der Waals surface area contributed by atoms with Crippen LogP contribution in [0.4, 0.5) is 13.2 Å².